The highest BCUT2D eigenvalue weighted by molar-refractivity contribution is 5.81. The molecule has 0 aromatic carbocycles. The number of nitrogens with one attached hydrogen (secondary N) is 1. The number of amides is 1. The maximum absolute atomic E-state index is 11.6. The number of carbonyl (C=O) groups excluding carboxylic acids is 1. The molecule has 1 amide bonds. The van der Waals surface area contributed by atoms with Crippen LogP contribution < -0.4 is 11.1 Å². The standard InChI is InChI=1S/C14H24N4O/c1-4-18(5-2)9-8-17-13(14(15)19)12-10-16-7-6-11(12)3/h6-7,10,13,17H,4-5,8-9H2,1-3H3,(H2,15,19). The second-order valence-corrected chi connectivity index (χ2v) is 4.55. The first kappa shape index (κ1) is 15.6. The normalized spacial score (nSPS) is 12.6. The van der Waals surface area contributed by atoms with Gasteiger partial charge >= 0.3 is 0 Å². The van der Waals surface area contributed by atoms with Gasteiger partial charge in [0.2, 0.25) is 5.91 Å². The maximum Gasteiger partial charge on any atom is 0.239 e. The number of aromatic nitrogens is 1. The van der Waals surface area contributed by atoms with Gasteiger partial charge in [-0.05, 0) is 37.2 Å². The predicted octanol–water partition coefficient (Wildman–Crippen LogP) is 0.848. The first-order chi connectivity index (χ1) is 9.10. The Balaban J connectivity index is 2.65. The van der Waals surface area contributed by atoms with Crippen LogP contribution in [-0.2, 0) is 4.79 Å². The summed E-state index contributed by atoms with van der Waals surface area (Å²) in [5.41, 5.74) is 7.36. The number of hydrogen-bond acceptors (Lipinski definition) is 4. The van der Waals surface area contributed by atoms with E-state index in [1.54, 1.807) is 12.4 Å². The van der Waals surface area contributed by atoms with Crippen LogP contribution in [-0.4, -0.2) is 42.0 Å². The van der Waals surface area contributed by atoms with Crippen molar-refractivity contribution < 1.29 is 4.79 Å². The van der Waals surface area contributed by atoms with Crippen LogP contribution in [0.3, 0.4) is 0 Å². The number of pyridine rings is 1. The van der Waals surface area contributed by atoms with E-state index in [-0.39, 0.29) is 5.91 Å². The van der Waals surface area contributed by atoms with Gasteiger partial charge in [0.15, 0.2) is 0 Å². The van der Waals surface area contributed by atoms with Crippen molar-refractivity contribution in [3.63, 3.8) is 0 Å². The minimum absolute atomic E-state index is 0.365. The predicted molar refractivity (Wildman–Crippen MR) is 76.7 cm³/mol. The first-order valence-corrected chi connectivity index (χ1v) is 6.75. The topological polar surface area (TPSA) is 71.2 Å². The van der Waals surface area contributed by atoms with Crippen molar-refractivity contribution in [1.29, 1.82) is 0 Å². The Bertz CT molecular complexity index is 404. The second kappa shape index (κ2) is 7.86. The minimum atomic E-state index is -0.468. The van der Waals surface area contributed by atoms with E-state index < -0.39 is 6.04 Å². The summed E-state index contributed by atoms with van der Waals surface area (Å²) < 4.78 is 0. The van der Waals surface area contributed by atoms with Gasteiger partial charge in [0.1, 0.15) is 6.04 Å². The molecular weight excluding hydrogens is 240 g/mol. The van der Waals surface area contributed by atoms with Crippen LogP contribution in [0.1, 0.15) is 31.0 Å². The molecule has 0 bridgehead atoms. The number of nitrogens with zero attached hydrogens (tertiary/aromatic N) is 2. The molecule has 1 unspecified atom stereocenters. The van der Waals surface area contributed by atoms with Crippen molar-refractivity contribution in [2.24, 2.45) is 5.73 Å². The Morgan fingerprint density at radius 1 is 1.47 bits per heavy atom. The number of aryl methyl sites for hydroxylation is 1. The Morgan fingerprint density at radius 2 is 2.16 bits per heavy atom. The molecule has 5 nitrogen and oxygen atoms in total. The summed E-state index contributed by atoms with van der Waals surface area (Å²) in [6.45, 7) is 9.84. The number of hydrogen-bond donors (Lipinski definition) is 2. The van der Waals surface area contributed by atoms with E-state index in [2.05, 4.69) is 29.0 Å². The van der Waals surface area contributed by atoms with E-state index in [9.17, 15) is 4.79 Å². The fourth-order valence-corrected chi connectivity index (χ4v) is 2.05. The molecule has 3 N–H and O–H groups in total. The van der Waals surface area contributed by atoms with Crippen LogP contribution in [0.25, 0.3) is 0 Å². The zero-order chi connectivity index (χ0) is 14.3. The summed E-state index contributed by atoms with van der Waals surface area (Å²) in [6, 6.07) is 1.42. The molecule has 1 aromatic heterocycles. The Kier molecular flexibility index (Phi) is 6.45. The second-order valence-electron chi connectivity index (χ2n) is 4.55. The van der Waals surface area contributed by atoms with Gasteiger partial charge in [-0.3, -0.25) is 9.78 Å². The first-order valence-electron chi connectivity index (χ1n) is 6.75. The molecule has 1 aromatic rings. The van der Waals surface area contributed by atoms with Crippen molar-refractivity contribution >= 4 is 5.91 Å². The van der Waals surface area contributed by atoms with Gasteiger partial charge in [0.05, 0.1) is 0 Å². The van der Waals surface area contributed by atoms with Crippen molar-refractivity contribution in [2.45, 2.75) is 26.8 Å². The van der Waals surface area contributed by atoms with Gasteiger partial charge in [0, 0.05) is 25.5 Å². The van der Waals surface area contributed by atoms with Gasteiger partial charge < -0.3 is 16.0 Å². The summed E-state index contributed by atoms with van der Waals surface area (Å²) in [5.74, 6) is -0.365. The van der Waals surface area contributed by atoms with E-state index in [1.807, 2.05) is 13.0 Å². The smallest absolute Gasteiger partial charge is 0.239 e. The van der Waals surface area contributed by atoms with Crippen LogP contribution in [0.5, 0.6) is 0 Å². The Hall–Kier alpha value is -1.46. The highest BCUT2D eigenvalue weighted by Crippen LogP contribution is 2.15. The zero-order valence-corrected chi connectivity index (χ0v) is 12.0. The fourth-order valence-electron chi connectivity index (χ4n) is 2.05. The molecule has 0 aliphatic heterocycles. The Labute approximate surface area is 115 Å². The lowest BCUT2D eigenvalue weighted by Crippen LogP contribution is -2.39. The molecule has 0 saturated carbocycles. The van der Waals surface area contributed by atoms with Gasteiger partial charge in [-0.15, -0.1) is 0 Å². The van der Waals surface area contributed by atoms with Crippen molar-refractivity contribution in [3.8, 4) is 0 Å². The molecule has 106 valence electrons. The average molecular weight is 264 g/mol. The summed E-state index contributed by atoms with van der Waals surface area (Å²) in [5, 5.41) is 3.22. The van der Waals surface area contributed by atoms with E-state index in [4.69, 9.17) is 5.73 Å². The largest absolute Gasteiger partial charge is 0.368 e. The summed E-state index contributed by atoms with van der Waals surface area (Å²) in [6.07, 6.45) is 3.42. The molecule has 0 aliphatic rings. The van der Waals surface area contributed by atoms with Crippen LogP contribution in [0.15, 0.2) is 18.5 Å². The number of nitrogens with two attached hydrogens (primary N) is 1. The highest BCUT2D eigenvalue weighted by atomic mass is 16.1. The third-order valence-corrected chi connectivity index (χ3v) is 3.35. The molecule has 1 heterocycles. The molecule has 0 aliphatic carbocycles. The molecule has 1 atom stereocenters. The molecule has 19 heavy (non-hydrogen) atoms. The quantitative estimate of drug-likeness (QED) is 0.730. The summed E-state index contributed by atoms with van der Waals surface area (Å²) in [4.78, 5) is 17.9. The van der Waals surface area contributed by atoms with Crippen molar-refractivity contribution in [1.82, 2.24) is 15.2 Å². The monoisotopic (exact) mass is 264 g/mol. The van der Waals surface area contributed by atoms with E-state index >= 15 is 0 Å². The lowest BCUT2D eigenvalue weighted by Gasteiger charge is -2.21. The number of rotatable bonds is 8. The average Bonchev–Trinajstić information content (AvgIpc) is 2.40. The van der Waals surface area contributed by atoms with Crippen molar-refractivity contribution in [2.75, 3.05) is 26.2 Å². The molecule has 0 spiro atoms. The molecule has 0 saturated heterocycles. The fraction of sp³-hybridized carbons (Fsp3) is 0.571. The summed E-state index contributed by atoms with van der Waals surface area (Å²) in [7, 11) is 0. The lowest BCUT2D eigenvalue weighted by atomic mass is 10.0. The molecule has 1 rings (SSSR count). The van der Waals surface area contributed by atoms with Crippen molar-refractivity contribution in [3.05, 3.63) is 29.6 Å². The van der Waals surface area contributed by atoms with Gasteiger partial charge in [-0.2, -0.15) is 0 Å². The van der Waals surface area contributed by atoms with Gasteiger partial charge in [-0.1, -0.05) is 13.8 Å². The van der Waals surface area contributed by atoms with Crippen LogP contribution in [0, 0.1) is 6.92 Å². The minimum Gasteiger partial charge on any atom is -0.368 e. The molecule has 0 radical (unpaired) electrons. The van der Waals surface area contributed by atoms with Gasteiger partial charge in [-0.25, -0.2) is 0 Å². The van der Waals surface area contributed by atoms with E-state index in [1.165, 1.54) is 0 Å². The summed E-state index contributed by atoms with van der Waals surface area (Å²) >= 11 is 0. The van der Waals surface area contributed by atoms with Crippen LogP contribution in [0.2, 0.25) is 0 Å². The third-order valence-electron chi connectivity index (χ3n) is 3.35. The maximum atomic E-state index is 11.6. The SMILES string of the molecule is CCN(CC)CCNC(C(N)=O)c1cnccc1C. The lowest BCUT2D eigenvalue weighted by molar-refractivity contribution is -0.120. The van der Waals surface area contributed by atoms with E-state index in [0.717, 1.165) is 37.3 Å². The number of carbonyl (C=O) groups is 1. The van der Waals surface area contributed by atoms with Crippen LogP contribution >= 0.6 is 0 Å². The number of primary amides is 1. The third kappa shape index (κ3) is 4.61. The van der Waals surface area contributed by atoms with Crippen LogP contribution in [0.4, 0.5) is 0 Å². The van der Waals surface area contributed by atoms with E-state index in [0.29, 0.717) is 0 Å². The molecule has 5 heteroatoms. The Morgan fingerprint density at radius 3 is 2.68 bits per heavy atom. The molecule has 0 fully saturated rings. The number of likely N-dealkylation sites (N-methyl/N-ethyl adjacent to an activating group) is 1. The highest BCUT2D eigenvalue weighted by Gasteiger charge is 2.19. The molecular formula is C14H24N4O. The zero-order valence-electron chi connectivity index (χ0n) is 12.0. The van der Waals surface area contributed by atoms with Gasteiger partial charge in [0.25, 0.3) is 0 Å².